The molecule has 2 rings (SSSR count). The standard InChI is InChI=1S/C15H17ClN2OS/c1-10-5-6-11(2)12(8-10)13-9-20-15(17-13)18-14(19)4-3-7-16/h5-6,8-9H,3-4,7H2,1-2H3,(H,17,18,19). The van der Waals surface area contributed by atoms with E-state index in [-0.39, 0.29) is 5.91 Å². The predicted octanol–water partition coefficient (Wildman–Crippen LogP) is 4.38. The van der Waals surface area contributed by atoms with Crippen LogP contribution in [0, 0.1) is 13.8 Å². The second-order valence-corrected chi connectivity index (χ2v) is 5.93. The lowest BCUT2D eigenvalue weighted by atomic mass is 10.0. The molecule has 0 bridgehead atoms. The van der Waals surface area contributed by atoms with Gasteiger partial charge in [0, 0.05) is 23.2 Å². The number of aryl methyl sites for hydroxylation is 2. The molecule has 0 saturated carbocycles. The summed E-state index contributed by atoms with van der Waals surface area (Å²) in [6.45, 7) is 4.12. The molecule has 0 aliphatic carbocycles. The van der Waals surface area contributed by atoms with Gasteiger partial charge in [-0.2, -0.15) is 0 Å². The normalized spacial score (nSPS) is 10.6. The van der Waals surface area contributed by atoms with Crippen molar-refractivity contribution < 1.29 is 4.79 Å². The first-order chi connectivity index (χ1) is 9.60. The summed E-state index contributed by atoms with van der Waals surface area (Å²) in [7, 11) is 0. The Balaban J connectivity index is 2.12. The number of anilines is 1. The van der Waals surface area contributed by atoms with E-state index in [1.165, 1.54) is 22.5 Å². The lowest BCUT2D eigenvalue weighted by Crippen LogP contribution is -2.10. The molecule has 1 heterocycles. The molecule has 3 nitrogen and oxygen atoms in total. The summed E-state index contributed by atoms with van der Waals surface area (Å²) < 4.78 is 0. The van der Waals surface area contributed by atoms with Gasteiger partial charge >= 0.3 is 0 Å². The average molecular weight is 309 g/mol. The van der Waals surface area contributed by atoms with Crippen molar-refractivity contribution in [2.75, 3.05) is 11.2 Å². The zero-order valence-corrected chi connectivity index (χ0v) is 13.1. The van der Waals surface area contributed by atoms with Crippen molar-refractivity contribution in [3.05, 3.63) is 34.7 Å². The molecule has 1 aromatic carbocycles. The van der Waals surface area contributed by atoms with Crippen molar-refractivity contribution in [1.82, 2.24) is 4.98 Å². The summed E-state index contributed by atoms with van der Waals surface area (Å²) in [5, 5.41) is 5.42. The van der Waals surface area contributed by atoms with E-state index >= 15 is 0 Å². The maximum atomic E-state index is 11.6. The minimum atomic E-state index is -0.0347. The highest BCUT2D eigenvalue weighted by Gasteiger charge is 2.09. The third kappa shape index (κ3) is 3.81. The van der Waals surface area contributed by atoms with Crippen LogP contribution in [-0.2, 0) is 4.79 Å². The van der Waals surface area contributed by atoms with Crippen molar-refractivity contribution in [1.29, 1.82) is 0 Å². The number of carbonyl (C=O) groups excluding carboxylic acids is 1. The molecule has 1 amide bonds. The van der Waals surface area contributed by atoms with Gasteiger partial charge in [0.25, 0.3) is 0 Å². The van der Waals surface area contributed by atoms with E-state index in [1.54, 1.807) is 0 Å². The van der Waals surface area contributed by atoms with Gasteiger partial charge in [-0.25, -0.2) is 4.98 Å². The number of hydrogen-bond donors (Lipinski definition) is 1. The van der Waals surface area contributed by atoms with Gasteiger partial charge in [-0.15, -0.1) is 22.9 Å². The van der Waals surface area contributed by atoms with Crippen LogP contribution >= 0.6 is 22.9 Å². The Kier molecular flexibility index (Phi) is 5.15. The first-order valence-electron chi connectivity index (χ1n) is 6.49. The second kappa shape index (κ2) is 6.86. The molecule has 0 aliphatic rings. The summed E-state index contributed by atoms with van der Waals surface area (Å²) in [6, 6.07) is 6.28. The van der Waals surface area contributed by atoms with E-state index in [1.807, 2.05) is 5.38 Å². The van der Waals surface area contributed by atoms with Crippen molar-refractivity contribution in [2.45, 2.75) is 26.7 Å². The number of halogens is 1. The quantitative estimate of drug-likeness (QED) is 0.833. The predicted molar refractivity (Wildman–Crippen MR) is 85.6 cm³/mol. The zero-order valence-electron chi connectivity index (χ0n) is 11.6. The van der Waals surface area contributed by atoms with E-state index < -0.39 is 0 Å². The van der Waals surface area contributed by atoms with Crippen LogP contribution in [0.2, 0.25) is 0 Å². The molecule has 1 N–H and O–H groups in total. The minimum Gasteiger partial charge on any atom is -0.302 e. The fraction of sp³-hybridized carbons (Fsp3) is 0.333. The zero-order chi connectivity index (χ0) is 14.5. The molecule has 20 heavy (non-hydrogen) atoms. The SMILES string of the molecule is Cc1ccc(C)c(-c2csc(NC(=O)CCCCl)n2)c1. The van der Waals surface area contributed by atoms with E-state index in [2.05, 4.69) is 42.3 Å². The Hall–Kier alpha value is -1.39. The highest BCUT2D eigenvalue weighted by Crippen LogP contribution is 2.28. The van der Waals surface area contributed by atoms with Crippen molar-refractivity contribution in [3.8, 4) is 11.3 Å². The molecular formula is C15H17ClN2OS. The maximum absolute atomic E-state index is 11.6. The van der Waals surface area contributed by atoms with Gasteiger partial charge in [0.15, 0.2) is 5.13 Å². The minimum absolute atomic E-state index is 0.0347. The molecule has 5 heteroatoms. The molecule has 0 atom stereocenters. The molecule has 2 aromatic rings. The number of benzene rings is 1. The molecule has 0 saturated heterocycles. The summed E-state index contributed by atoms with van der Waals surface area (Å²) in [5.74, 6) is 0.464. The number of nitrogens with one attached hydrogen (secondary N) is 1. The van der Waals surface area contributed by atoms with Crippen LogP contribution in [0.4, 0.5) is 5.13 Å². The summed E-state index contributed by atoms with van der Waals surface area (Å²) >= 11 is 7.02. The van der Waals surface area contributed by atoms with Crippen LogP contribution in [0.15, 0.2) is 23.6 Å². The third-order valence-electron chi connectivity index (χ3n) is 2.96. The smallest absolute Gasteiger partial charge is 0.226 e. The van der Waals surface area contributed by atoms with Crippen molar-refractivity contribution in [3.63, 3.8) is 0 Å². The van der Waals surface area contributed by atoms with Gasteiger partial charge in [-0.05, 0) is 31.9 Å². The van der Waals surface area contributed by atoms with Crippen molar-refractivity contribution >= 4 is 34.0 Å². The summed E-state index contributed by atoms with van der Waals surface area (Å²) in [4.78, 5) is 16.1. The fourth-order valence-electron chi connectivity index (χ4n) is 1.88. The van der Waals surface area contributed by atoms with E-state index in [4.69, 9.17) is 11.6 Å². The Morgan fingerprint density at radius 1 is 1.40 bits per heavy atom. The van der Waals surface area contributed by atoms with Crippen LogP contribution < -0.4 is 5.32 Å². The topological polar surface area (TPSA) is 42.0 Å². The molecule has 1 aromatic heterocycles. The number of hydrogen-bond acceptors (Lipinski definition) is 3. The van der Waals surface area contributed by atoms with Crippen LogP contribution in [0.3, 0.4) is 0 Å². The number of aromatic nitrogens is 1. The summed E-state index contributed by atoms with van der Waals surface area (Å²) in [5.41, 5.74) is 4.40. The second-order valence-electron chi connectivity index (χ2n) is 4.70. The molecule has 0 unspecified atom stereocenters. The number of alkyl halides is 1. The molecule has 0 radical (unpaired) electrons. The highest BCUT2D eigenvalue weighted by atomic mass is 35.5. The van der Waals surface area contributed by atoms with E-state index in [0.29, 0.717) is 23.9 Å². The largest absolute Gasteiger partial charge is 0.302 e. The van der Waals surface area contributed by atoms with Crippen LogP contribution in [0.25, 0.3) is 11.3 Å². The van der Waals surface area contributed by atoms with Gasteiger partial charge in [0.2, 0.25) is 5.91 Å². The monoisotopic (exact) mass is 308 g/mol. The third-order valence-corrected chi connectivity index (χ3v) is 3.98. The first kappa shape index (κ1) is 15.0. The lowest BCUT2D eigenvalue weighted by molar-refractivity contribution is -0.116. The average Bonchev–Trinajstić information content (AvgIpc) is 2.87. The number of carbonyl (C=O) groups is 1. The fourth-order valence-corrected chi connectivity index (χ4v) is 2.74. The molecule has 0 spiro atoms. The molecular weight excluding hydrogens is 292 g/mol. The van der Waals surface area contributed by atoms with Gasteiger partial charge in [0.05, 0.1) is 5.69 Å². The van der Waals surface area contributed by atoms with Crippen LogP contribution in [0.5, 0.6) is 0 Å². The van der Waals surface area contributed by atoms with E-state index in [9.17, 15) is 4.79 Å². The van der Waals surface area contributed by atoms with Gasteiger partial charge < -0.3 is 5.32 Å². The van der Waals surface area contributed by atoms with Gasteiger partial charge in [-0.1, -0.05) is 17.7 Å². The number of nitrogens with zero attached hydrogens (tertiary/aromatic N) is 1. The molecule has 0 fully saturated rings. The van der Waals surface area contributed by atoms with Crippen molar-refractivity contribution in [2.24, 2.45) is 0 Å². The highest BCUT2D eigenvalue weighted by molar-refractivity contribution is 7.14. The van der Waals surface area contributed by atoms with Gasteiger partial charge in [0.1, 0.15) is 0 Å². The molecule has 106 valence electrons. The summed E-state index contributed by atoms with van der Waals surface area (Å²) in [6.07, 6.45) is 1.12. The van der Waals surface area contributed by atoms with Crippen LogP contribution in [0.1, 0.15) is 24.0 Å². The van der Waals surface area contributed by atoms with Crippen LogP contribution in [-0.4, -0.2) is 16.8 Å². The van der Waals surface area contributed by atoms with Gasteiger partial charge in [-0.3, -0.25) is 4.79 Å². The Bertz CT molecular complexity index is 610. The Morgan fingerprint density at radius 2 is 2.20 bits per heavy atom. The first-order valence-corrected chi connectivity index (χ1v) is 7.90. The number of rotatable bonds is 5. The number of amides is 1. The Labute approximate surface area is 128 Å². The number of thiazole rings is 1. The van der Waals surface area contributed by atoms with E-state index in [0.717, 1.165) is 11.3 Å². The lowest BCUT2D eigenvalue weighted by Gasteiger charge is -2.04. The Morgan fingerprint density at radius 3 is 2.95 bits per heavy atom. The molecule has 0 aliphatic heterocycles. The maximum Gasteiger partial charge on any atom is 0.226 e.